The van der Waals surface area contributed by atoms with E-state index in [-0.39, 0.29) is 5.41 Å². The van der Waals surface area contributed by atoms with E-state index in [0.717, 1.165) is 45.6 Å². The van der Waals surface area contributed by atoms with Crippen LogP contribution in [0, 0.1) is 19.3 Å². The topological polar surface area (TPSA) is 76.2 Å². The first-order chi connectivity index (χ1) is 12.0. The van der Waals surface area contributed by atoms with Crippen molar-refractivity contribution in [3.63, 3.8) is 0 Å². The Balaban J connectivity index is 2.84. The van der Waals surface area contributed by atoms with Crippen molar-refractivity contribution in [1.29, 1.82) is 0 Å². The van der Waals surface area contributed by atoms with Crippen molar-refractivity contribution in [2.24, 2.45) is 11.1 Å². The van der Waals surface area contributed by atoms with Gasteiger partial charge in [0.15, 0.2) is 0 Å². The van der Waals surface area contributed by atoms with Crippen molar-refractivity contribution in [2.45, 2.75) is 60.4 Å². The molecular formula is C22H30N2O2. The van der Waals surface area contributed by atoms with Crippen LogP contribution in [-0.2, 0) is 17.8 Å². The molecule has 3 N–H and O–H groups in total. The lowest BCUT2D eigenvalue weighted by molar-refractivity contribution is -0.138. The molecule has 1 aromatic heterocycles. The van der Waals surface area contributed by atoms with Gasteiger partial charge in [0.1, 0.15) is 0 Å². The summed E-state index contributed by atoms with van der Waals surface area (Å²) in [5.74, 6) is -1.50. The minimum absolute atomic E-state index is 0.0633. The van der Waals surface area contributed by atoms with Gasteiger partial charge in [-0.15, -0.1) is 0 Å². The minimum atomic E-state index is -0.852. The van der Waals surface area contributed by atoms with Crippen LogP contribution in [0.3, 0.4) is 0 Å². The van der Waals surface area contributed by atoms with Crippen molar-refractivity contribution >= 4 is 5.97 Å². The number of nitrogens with zero attached hydrogens (tertiary/aromatic N) is 1. The van der Waals surface area contributed by atoms with Gasteiger partial charge in [0.2, 0.25) is 0 Å². The molecule has 4 nitrogen and oxygen atoms in total. The maximum Gasteiger partial charge on any atom is 0.310 e. The normalized spacial score (nSPS) is 12.9. The number of aromatic nitrogens is 1. The third-order valence-electron chi connectivity index (χ3n) is 4.66. The first-order valence-electron chi connectivity index (χ1n) is 9.07. The van der Waals surface area contributed by atoms with Crippen molar-refractivity contribution in [1.82, 2.24) is 4.98 Å². The summed E-state index contributed by atoms with van der Waals surface area (Å²) in [6, 6.07) is 8.18. The zero-order chi connectivity index (χ0) is 19.6. The number of hydrogen-bond acceptors (Lipinski definition) is 3. The number of carboxylic acids is 1. The smallest absolute Gasteiger partial charge is 0.310 e. The van der Waals surface area contributed by atoms with Crippen molar-refractivity contribution in [3.05, 3.63) is 52.3 Å². The Morgan fingerprint density at radius 3 is 2.23 bits per heavy atom. The summed E-state index contributed by atoms with van der Waals surface area (Å²) in [6.45, 7) is 12.5. The number of nitrogens with two attached hydrogens (primary N) is 1. The number of aryl methyl sites for hydroxylation is 2. The highest BCUT2D eigenvalue weighted by molar-refractivity contribution is 5.83. The van der Waals surface area contributed by atoms with Gasteiger partial charge in [-0.1, -0.05) is 50.6 Å². The van der Waals surface area contributed by atoms with Crippen LogP contribution >= 0.6 is 0 Å². The van der Waals surface area contributed by atoms with Crippen LogP contribution in [0.5, 0.6) is 0 Å². The van der Waals surface area contributed by atoms with Crippen molar-refractivity contribution in [2.75, 3.05) is 0 Å². The summed E-state index contributed by atoms with van der Waals surface area (Å²) < 4.78 is 0. The molecule has 0 aliphatic heterocycles. The number of carboxylic acid groups (broad SMARTS) is 1. The third kappa shape index (κ3) is 4.31. The van der Waals surface area contributed by atoms with Crippen LogP contribution in [0.2, 0.25) is 0 Å². The van der Waals surface area contributed by atoms with E-state index in [4.69, 9.17) is 10.7 Å². The van der Waals surface area contributed by atoms with Gasteiger partial charge in [-0.05, 0) is 54.9 Å². The lowest BCUT2D eigenvalue weighted by Crippen LogP contribution is -2.19. The van der Waals surface area contributed by atoms with Gasteiger partial charge in [-0.3, -0.25) is 9.78 Å². The summed E-state index contributed by atoms with van der Waals surface area (Å²) in [4.78, 5) is 16.5. The Kier molecular flexibility index (Phi) is 5.87. The van der Waals surface area contributed by atoms with Crippen LogP contribution in [-0.4, -0.2) is 16.1 Å². The number of aliphatic carboxylic acids is 1. The molecule has 1 heterocycles. The molecule has 0 amide bonds. The maximum absolute atomic E-state index is 11.7. The highest BCUT2D eigenvalue weighted by Crippen LogP contribution is 2.37. The monoisotopic (exact) mass is 354 g/mol. The van der Waals surface area contributed by atoms with Crippen LogP contribution in [0.4, 0.5) is 0 Å². The first-order valence-corrected chi connectivity index (χ1v) is 9.07. The molecule has 2 aromatic rings. The fraction of sp³-hybridized carbons (Fsp3) is 0.455. The van der Waals surface area contributed by atoms with Crippen LogP contribution in [0.1, 0.15) is 61.7 Å². The molecular weight excluding hydrogens is 324 g/mol. The highest BCUT2D eigenvalue weighted by Gasteiger charge is 2.27. The van der Waals surface area contributed by atoms with Crippen LogP contribution < -0.4 is 5.73 Å². The second kappa shape index (κ2) is 7.58. The predicted octanol–water partition coefficient (Wildman–Crippen LogP) is 4.60. The van der Waals surface area contributed by atoms with E-state index < -0.39 is 11.9 Å². The lowest BCUT2D eigenvalue weighted by Gasteiger charge is -2.25. The largest absolute Gasteiger partial charge is 0.481 e. The molecule has 0 spiro atoms. The molecule has 0 saturated heterocycles. The van der Waals surface area contributed by atoms with E-state index in [2.05, 4.69) is 20.8 Å². The molecule has 0 aliphatic rings. The molecule has 140 valence electrons. The lowest BCUT2D eigenvalue weighted by atomic mass is 9.82. The Bertz CT molecular complexity index is 802. The second-order valence-corrected chi connectivity index (χ2v) is 8.28. The molecule has 1 atom stereocenters. The maximum atomic E-state index is 11.7. The van der Waals surface area contributed by atoms with E-state index in [1.54, 1.807) is 6.92 Å². The quantitative estimate of drug-likeness (QED) is 0.822. The molecule has 0 fully saturated rings. The molecule has 2 rings (SSSR count). The van der Waals surface area contributed by atoms with Gasteiger partial charge < -0.3 is 10.8 Å². The number of benzene rings is 1. The molecule has 0 aliphatic carbocycles. The first kappa shape index (κ1) is 20.1. The average molecular weight is 354 g/mol. The van der Waals surface area contributed by atoms with Crippen molar-refractivity contribution in [3.8, 4) is 11.1 Å². The molecule has 0 saturated carbocycles. The van der Waals surface area contributed by atoms with E-state index in [0.29, 0.717) is 6.54 Å². The zero-order valence-electron chi connectivity index (χ0n) is 16.7. The second-order valence-electron chi connectivity index (χ2n) is 8.28. The summed E-state index contributed by atoms with van der Waals surface area (Å²) in [5.41, 5.74) is 12.8. The van der Waals surface area contributed by atoms with Gasteiger partial charge in [-0.2, -0.15) is 0 Å². The van der Waals surface area contributed by atoms with Gasteiger partial charge in [-0.25, -0.2) is 0 Å². The number of rotatable bonds is 5. The van der Waals surface area contributed by atoms with Crippen molar-refractivity contribution < 1.29 is 9.90 Å². The van der Waals surface area contributed by atoms with E-state index in [1.165, 1.54) is 0 Å². The molecule has 1 unspecified atom stereocenters. The SMILES string of the molecule is Cc1ccc(-c2c(CN)c(CC(C)(C)C)nc(C)c2C(C)C(=O)O)cc1. The summed E-state index contributed by atoms with van der Waals surface area (Å²) in [6.07, 6.45) is 0.793. The highest BCUT2D eigenvalue weighted by atomic mass is 16.4. The average Bonchev–Trinajstić information content (AvgIpc) is 2.53. The summed E-state index contributed by atoms with van der Waals surface area (Å²) in [7, 11) is 0. The Morgan fingerprint density at radius 1 is 1.19 bits per heavy atom. The number of pyridine rings is 1. The van der Waals surface area contributed by atoms with Gasteiger partial charge in [0.05, 0.1) is 5.92 Å². The Labute approximate surface area is 156 Å². The number of carbonyl (C=O) groups is 1. The summed E-state index contributed by atoms with van der Waals surface area (Å²) in [5, 5.41) is 9.64. The van der Waals surface area contributed by atoms with Gasteiger partial charge >= 0.3 is 5.97 Å². The standard InChI is InChI=1S/C22H30N2O2/c1-13-7-9-16(10-8-13)20-17(12-23)18(11-22(4,5)6)24-15(3)19(20)14(2)21(25)26/h7-10,14H,11-12,23H2,1-6H3,(H,25,26). The fourth-order valence-corrected chi connectivity index (χ4v) is 3.39. The fourth-order valence-electron chi connectivity index (χ4n) is 3.39. The molecule has 1 aromatic carbocycles. The molecule has 26 heavy (non-hydrogen) atoms. The molecule has 0 bridgehead atoms. The van der Waals surface area contributed by atoms with Gasteiger partial charge in [0, 0.05) is 17.9 Å². The molecule has 4 heteroatoms. The third-order valence-corrected chi connectivity index (χ3v) is 4.66. The van der Waals surface area contributed by atoms with Crippen LogP contribution in [0.15, 0.2) is 24.3 Å². The minimum Gasteiger partial charge on any atom is -0.481 e. The van der Waals surface area contributed by atoms with Gasteiger partial charge in [0.25, 0.3) is 0 Å². The Hall–Kier alpha value is -2.20. The summed E-state index contributed by atoms with van der Waals surface area (Å²) >= 11 is 0. The predicted molar refractivity (Wildman–Crippen MR) is 106 cm³/mol. The van der Waals surface area contributed by atoms with E-state index >= 15 is 0 Å². The zero-order valence-corrected chi connectivity index (χ0v) is 16.7. The Morgan fingerprint density at radius 2 is 1.77 bits per heavy atom. The molecule has 0 radical (unpaired) electrons. The number of hydrogen-bond donors (Lipinski definition) is 2. The van der Waals surface area contributed by atoms with Crippen LogP contribution in [0.25, 0.3) is 11.1 Å². The van der Waals surface area contributed by atoms with E-state index in [1.807, 2.05) is 38.1 Å². The van der Waals surface area contributed by atoms with E-state index in [9.17, 15) is 9.90 Å².